The molecule has 0 aliphatic carbocycles. The molecular formula is C15H15ClN2O2. The van der Waals surface area contributed by atoms with Gasteiger partial charge in [-0.15, -0.1) is 0 Å². The van der Waals surface area contributed by atoms with Crippen molar-refractivity contribution < 1.29 is 9.90 Å². The largest absolute Gasteiger partial charge is 0.507 e. The molecule has 0 aliphatic rings. The molecule has 0 radical (unpaired) electrons. The zero-order valence-electron chi connectivity index (χ0n) is 11.1. The fraction of sp³-hybridized carbons (Fsp3) is 0.200. The van der Waals surface area contributed by atoms with Gasteiger partial charge in [0.25, 0.3) is 5.91 Å². The summed E-state index contributed by atoms with van der Waals surface area (Å²) >= 11 is 5.82. The topological polar surface area (TPSA) is 62.2 Å². The van der Waals surface area contributed by atoms with Crippen LogP contribution in [0.15, 0.2) is 36.5 Å². The average molecular weight is 291 g/mol. The van der Waals surface area contributed by atoms with Crippen LogP contribution in [0.5, 0.6) is 5.75 Å². The van der Waals surface area contributed by atoms with Gasteiger partial charge >= 0.3 is 0 Å². The van der Waals surface area contributed by atoms with Gasteiger partial charge in [0.1, 0.15) is 5.75 Å². The van der Waals surface area contributed by atoms with Gasteiger partial charge in [-0.2, -0.15) is 0 Å². The van der Waals surface area contributed by atoms with Crippen molar-refractivity contribution in [3.05, 3.63) is 58.4 Å². The van der Waals surface area contributed by atoms with Crippen molar-refractivity contribution in [3.8, 4) is 5.75 Å². The summed E-state index contributed by atoms with van der Waals surface area (Å²) < 4.78 is 0. The van der Waals surface area contributed by atoms with Crippen LogP contribution >= 0.6 is 11.6 Å². The lowest BCUT2D eigenvalue weighted by Crippen LogP contribution is -2.24. The Morgan fingerprint density at radius 2 is 2.20 bits per heavy atom. The molecule has 0 unspecified atom stereocenters. The monoisotopic (exact) mass is 290 g/mol. The van der Waals surface area contributed by atoms with Crippen molar-refractivity contribution in [2.75, 3.05) is 0 Å². The summed E-state index contributed by atoms with van der Waals surface area (Å²) in [4.78, 5) is 16.3. The smallest absolute Gasteiger partial charge is 0.255 e. The van der Waals surface area contributed by atoms with Gasteiger partial charge < -0.3 is 10.4 Å². The Labute approximate surface area is 122 Å². The third-order valence-electron chi connectivity index (χ3n) is 2.99. The second-order valence-electron chi connectivity index (χ2n) is 4.31. The van der Waals surface area contributed by atoms with E-state index in [4.69, 9.17) is 11.6 Å². The van der Waals surface area contributed by atoms with Crippen LogP contribution in [0.2, 0.25) is 5.02 Å². The van der Waals surface area contributed by atoms with E-state index in [-0.39, 0.29) is 17.2 Å². The van der Waals surface area contributed by atoms with Crippen LogP contribution < -0.4 is 5.32 Å². The van der Waals surface area contributed by atoms with Gasteiger partial charge in [0.05, 0.1) is 17.8 Å². The van der Waals surface area contributed by atoms with Crippen LogP contribution in [0, 0.1) is 0 Å². The van der Waals surface area contributed by atoms with E-state index in [1.54, 1.807) is 6.20 Å². The predicted octanol–water partition coefficient (Wildman–Crippen LogP) is 2.93. The number of aromatic nitrogens is 1. The van der Waals surface area contributed by atoms with Crippen molar-refractivity contribution in [1.29, 1.82) is 0 Å². The normalized spacial score (nSPS) is 10.3. The number of phenolic OH excluding ortho intramolecular Hbond substituents is 1. The minimum absolute atomic E-state index is 0.0939. The lowest BCUT2D eigenvalue weighted by molar-refractivity contribution is 0.0947. The number of hydrogen-bond donors (Lipinski definition) is 2. The number of nitrogens with one attached hydrogen (secondary N) is 1. The van der Waals surface area contributed by atoms with E-state index in [1.165, 1.54) is 18.2 Å². The molecule has 0 spiro atoms. The molecule has 0 saturated heterocycles. The zero-order valence-corrected chi connectivity index (χ0v) is 11.8. The molecule has 20 heavy (non-hydrogen) atoms. The molecule has 0 aliphatic heterocycles. The molecule has 5 heteroatoms. The van der Waals surface area contributed by atoms with Crippen LogP contribution in [0.25, 0.3) is 0 Å². The average Bonchev–Trinajstić information content (AvgIpc) is 2.47. The highest BCUT2D eigenvalue weighted by atomic mass is 35.5. The van der Waals surface area contributed by atoms with E-state index in [0.29, 0.717) is 11.6 Å². The highest BCUT2D eigenvalue weighted by Gasteiger charge is 2.12. The zero-order chi connectivity index (χ0) is 14.5. The van der Waals surface area contributed by atoms with Crippen molar-refractivity contribution in [3.63, 3.8) is 0 Å². The molecule has 0 atom stereocenters. The van der Waals surface area contributed by atoms with Crippen LogP contribution in [0.1, 0.15) is 28.5 Å². The van der Waals surface area contributed by atoms with Crippen LogP contribution in [0.4, 0.5) is 0 Å². The Kier molecular flexibility index (Phi) is 4.58. The molecule has 104 valence electrons. The number of carbonyl (C=O) groups is 1. The van der Waals surface area contributed by atoms with E-state index in [9.17, 15) is 9.90 Å². The highest BCUT2D eigenvalue weighted by molar-refractivity contribution is 6.31. The number of carbonyl (C=O) groups excluding carboxylic acids is 1. The van der Waals surface area contributed by atoms with Crippen LogP contribution in [-0.4, -0.2) is 16.0 Å². The molecule has 0 bridgehead atoms. The lowest BCUT2D eigenvalue weighted by Gasteiger charge is -2.09. The first kappa shape index (κ1) is 14.3. The Balaban J connectivity index is 2.11. The number of pyridine rings is 1. The molecule has 0 saturated carbocycles. The number of halogens is 1. The molecular weight excluding hydrogens is 276 g/mol. The molecule has 1 aromatic carbocycles. The summed E-state index contributed by atoms with van der Waals surface area (Å²) in [5.41, 5.74) is 2.07. The van der Waals surface area contributed by atoms with Gasteiger partial charge in [0.15, 0.2) is 0 Å². The van der Waals surface area contributed by atoms with Gasteiger partial charge in [-0.25, -0.2) is 0 Å². The third kappa shape index (κ3) is 3.27. The maximum atomic E-state index is 12.0. The number of nitrogens with zero attached hydrogens (tertiary/aromatic N) is 1. The fourth-order valence-corrected chi connectivity index (χ4v) is 2.07. The molecule has 0 fully saturated rings. The minimum atomic E-state index is -0.377. The second-order valence-corrected chi connectivity index (χ2v) is 4.74. The standard InChI is InChI=1S/C15H15ClN2O2/c1-2-10-4-3-7-17-13(10)9-18-15(20)12-8-11(16)5-6-14(12)19/h3-8,19H,2,9H2,1H3,(H,18,20). The number of aryl methyl sites for hydroxylation is 1. The summed E-state index contributed by atoms with van der Waals surface area (Å²) in [5.74, 6) is -0.471. The maximum Gasteiger partial charge on any atom is 0.255 e. The molecule has 2 rings (SSSR count). The SMILES string of the molecule is CCc1cccnc1CNC(=O)c1cc(Cl)ccc1O. The second kappa shape index (κ2) is 6.39. The Morgan fingerprint density at radius 1 is 1.40 bits per heavy atom. The van der Waals surface area contributed by atoms with Crippen molar-refractivity contribution >= 4 is 17.5 Å². The Hall–Kier alpha value is -2.07. The van der Waals surface area contributed by atoms with Crippen molar-refractivity contribution in [1.82, 2.24) is 10.3 Å². The summed E-state index contributed by atoms with van der Waals surface area (Å²) in [6, 6.07) is 8.21. The highest BCUT2D eigenvalue weighted by Crippen LogP contribution is 2.21. The molecule has 1 heterocycles. The maximum absolute atomic E-state index is 12.0. The van der Waals surface area contributed by atoms with Crippen LogP contribution in [-0.2, 0) is 13.0 Å². The third-order valence-corrected chi connectivity index (χ3v) is 3.22. The van der Waals surface area contributed by atoms with Gasteiger partial charge in [-0.05, 0) is 36.2 Å². The van der Waals surface area contributed by atoms with Crippen molar-refractivity contribution in [2.24, 2.45) is 0 Å². The number of rotatable bonds is 4. The molecule has 4 nitrogen and oxygen atoms in total. The Morgan fingerprint density at radius 3 is 2.95 bits per heavy atom. The first-order chi connectivity index (χ1) is 9.61. The Bertz CT molecular complexity index is 629. The predicted molar refractivity (Wildman–Crippen MR) is 77.9 cm³/mol. The first-order valence-electron chi connectivity index (χ1n) is 6.31. The minimum Gasteiger partial charge on any atom is -0.507 e. The van der Waals surface area contributed by atoms with E-state index in [2.05, 4.69) is 10.3 Å². The number of aromatic hydroxyl groups is 1. The number of benzene rings is 1. The van der Waals surface area contributed by atoms with Gasteiger partial charge in [0, 0.05) is 11.2 Å². The van der Waals surface area contributed by atoms with E-state index < -0.39 is 0 Å². The number of phenols is 1. The van der Waals surface area contributed by atoms with E-state index in [1.807, 2.05) is 19.1 Å². The summed E-state index contributed by atoms with van der Waals surface area (Å²) in [6.45, 7) is 2.35. The quantitative estimate of drug-likeness (QED) is 0.910. The number of hydrogen-bond acceptors (Lipinski definition) is 3. The van der Waals surface area contributed by atoms with Crippen molar-refractivity contribution in [2.45, 2.75) is 19.9 Å². The first-order valence-corrected chi connectivity index (χ1v) is 6.69. The molecule has 2 aromatic rings. The molecule has 1 aromatic heterocycles. The fourth-order valence-electron chi connectivity index (χ4n) is 1.90. The van der Waals surface area contributed by atoms with Gasteiger partial charge in [-0.1, -0.05) is 24.6 Å². The molecule has 1 amide bonds. The van der Waals surface area contributed by atoms with E-state index >= 15 is 0 Å². The van der Waals surface area contributed by atoms with Gasteiger partial charge in [0.2, 0.25) is 0 Å². The van der Waals surface area contributed by atoms with Gasteiger partial charge in [-0.3, -0.25) is 9.78 Å². The van der Waals surface area contributed by atoms with E-state index in [0.717, 1.165) is 17.7 Å². The summed E-state index contributed by atoms with van der Waals surface area (Å²) in [5, 5.41) is 12.8. The van der Waals surface area contributed by atoms with Crippen LogP contribution in [0.3, 0.4) is 0 Å². The number of amides is 1. The summed E-state index contributed by atoms with van der Waals surface area (Å²) in [6.07, 6.45) is 2.54. The molecule has 2 N–H and O–H groups in total. The summed E-state index contributed by atoms with van der Waals surface area (Å²) in [7, 11) is 0. The lowest BCUT2D eigenvalue weighted by atomic mass is 10.1.